The number of benzene rings is 1. The molecule has 2 saturated carbocycles. The van der Waals surface area contributed by atoms with Crippen LogP contribution in [0.15, 0.2) is 24.3 Å². The third-order valence-electron chi connectivity index (χ3n) is 9.43. The lowest BCUT2D eigenvalue weighted by atomic mass is 9.71. The highest BCUT2D eigenvalue weighted by atomic mass is 32.2. The quantitative estimate of drug-likeness (QED) is 0.519. The van der Waals surface area contributed by atoms with Gasteiger partial charge in [0.05, 0.1) is 40.0 Å². The predicted octanol–water partition coefficient (Wildman–Crippen LogP) is 4.82. The molecule has 3 fully saturated rings. The number of carbonyl (C=O) groups excluding carboxylic acids is 2. The average Bonchev–Trinajstić information content (AvgIpc) is 3.61. The topological polar surface area (TPSA) is 112 Å². The number of aryl methyl sites for hydroxylation is 1. The summed E-state index contributed by atoms with van der Waals surface area (Å²) in [5.74, 6) is -3.23. The minimum Gasteiger partial charge on any atom is -0.371 e. The van der Waals surface area contributed by atoms with E-state index >= 15 is 0 Å². The summed E-state index contributed by atoms with van der Waals surface area (Å²) in [7, 11) is -1.88. The number of alkyl halides is 2. The number of aromatic nitrogens is 1. The number of pyridine rings is 1. The molecule has 0 bridgehead atoms. The Balaban J connectivity index is 1.32. The minimum atomic E-state index is -3.51. The molecule has 1 aromatic carbocycles. The first-order valence-electron chi connectivity index (χ1n) is 14.1. The third kappa shape index (κ3) is 5.04. The zero-order valence-corrected chi connectivity index (χ0v) is 24.3. The van der Waals surface area contributed by atoms with Gasteiger partial charge in [0.2, 0.25) is 21.9 Å². The molecular weight excluding hydrogens is 552 g/mol. The van der Waals surface area contributed by atoms with E-state index in [1.807, 2.05) is 6.92 Å². The predicted molar refractivity (Wildman–Crippen MR) is 153 cm³/mol. The Morgan fingerprint density at radius 3 is 2.27 bits per heavy atom. The van der Waals surface area contributed by atoms with Gasteiger partial charge >= 0.3 is 0 Å². The van der Waals surface area contributed by atoms with E-state index in [2.05, 4.69) is 14.9 Å². The Morgan fingerprint density at radius 2 is 1.66 bits per heavy atom. The Bertz CT molecular complexity index is 1540. The van der Waals surface area contributed by atoms with Crippen molar-refractivity contribution in [1.29, 1.82) is 0 Å². The number of anilines is 4. The molecule has 2 spiro atoms. The molecule has 3 heterocycles. The van der Waals surface area contributed by atoms with Crippen LogP contribution in [-0.2, 0) is 20.2 Å². The highest BCUT2D eigenvalue weighted by Crippen LogP contribution is 2.55. The maximum absolute atomic E-state index is 14.1. The monoisotopic (exact) mass is 587 g/mol. The van der Waals surface area contributed by atoms with E-state index in [-0.39, 0.29) is 24.6 Å². The summed E-state index contributed by atoms with van der Waals surface area (Å²) >= 11 is 0. The summed E-state index contributed by atoms with van der Waals surface area (Å²) in [6.07, 6.45) is 4.78. The molecule has 220 valence electrons. The third-order valence-corrected chi connectivity index (χ3v) is 10.0. The molecule has 9 nitrogen and oxygen atoms in total. The number of nitrogens with one attached hydrogen (secondary N) is 2. The van der Waals surface area contributed by atoms with Crippen LogP contribution in [-0.4, -0.2) is 57.5 Å². The van der Waals surface area contributed by atoms with Crippen LogP contribution < -0.4 is 19.8 Å². The number of fused-ring (bicyclic) bond motifs is 2. The van der Waals surface area contributed by atoms with Crippen molar-refractivity contribution in [2.24, 2.45) is 5.41 Å². The number of carbonyl (C=O) groups is 2. The first-order valence-corrected chi connectivity index (χ1v) is 16.0. The van der Waals surface area contributed by atoms with Gasteiger partial charge in [0.25, 0.3) is 5.91 Å². The van der Waals surface area contributed by atoms with Crippen LogP contribution in [0.2, 0.25) is 0 Å². The first-order chi connectivity index (χ1) is 19.2. The summed E-state index contributed by atoms with van der Waals surface area (Å²) in [5.41, 5.74) is 2.42. The van der Waals surface area contributed by atoms with Crippen molar-refractivity contribution in [3.05, 3.63) is 41.1 Å². The van der Waals surface area contributed by atoms with E-state index in [0.717, 1.165) is 32.2 Å². The number of likely N-dealkylation sites (N-methyl/N-ethyl adjacent to an activating group) is 1. The average molecular weight is 588 g/mol. The Kier molecular flexibility index (Phi) is 6.37. The van der Waals surface area contributed by atoms with Crippen LogP contribution in [0.3, 0.4) is 0 Å². The van der Waals surface area contributed by atoms with Crippen molar-refractivity contribution in [2.45, 2.75) is 69.6 Å². The summed E-state index contributed by atoms with van der Waals surface area (Å²) in [5, 5.41) is 2.88. The molecule has 2 N–H and O–H groups in total. The van der Waals surface area contributed by atoms with Gasteiger partial charge in [0.15, 0.2) is 0 Å². The summed E-state index contributed by atoms with van der Waals surface area (Å²) in [6.45, 7) is 3.34. The molecule has 0 unspecified atom stereocenters. The number of sulfonamides is 1. The van der Waals surface area contributed by atoms with E-state index < -0.39 is 40.1 Å². The van der Waals surface area contributed by atoms with Gasteiger partial charge in [-0.2, -0.15) is 0 Å². The smallest absolute Gasteiger partial charge is 0.258 e. The summed E-state index contributed by atoms with van der Waals surface area (Å²) in [6, 6.07) is 6.53. The van der Waals surface area contributed by atoms with E-state index in [1.165, 1.54) is 17.7 Å². The number of nitrogens with zero attached hydrogens (tertiary/aromatic N) is 3. The fraction of sp³-hybridized carbons (Fsp3) is 0.552. The molecular formula is C29H35F2N5O4S. The van der Waals surface area contributed by atoms with Crippen LogP contribution in [0.4, 0.5) is 31.7 Å². The van der Waals surface area contributed by atoms with E-state index in [1.54, 1.807) is 31.3 Å². The van der Waals surface area contributed by atoms with Gasteiger partial charge in [-0.05, 0) is 80.7 Å². The molecule has 2 amide bonds. The number of piperidine rings is 1. The molecule has 0 radical (unpaired) electrons. The molecule has 2 aliphatic heterocycles. The maximum atomic E-state index is 14.1. The van der Waals surface area contributed by atoms with E-state index in [0.29, 0.717) is 39.3 Å². The van der Waals surface area contributed by atoms with Gasteiger partial charge in [-0.15, -0.1) is 0 Å². The largest absolute Gasteiger partial charge is 0.371 e. The highest BCUT2D eigenvalue weighted by molar-refractivity contribution is 7.92. The molecule has 2 aromatic rings. The molecule has 1 saturated heterocycles. The van der Waals surface area contributed by atoms with Crippen molar-refractivity contribution in [3.8, 4) is 0 Å². The lowest BCUT2D eigenvalue weighted by molar-refractivity contribution is -0.128. The van der Waals surface area contributed by atoms with Gasteiger partial charge < -0.3 is 15.1 Å². The van der Waals surface area contributed by atoms with E-state index in [4.69, 9.17) is 4.98 Å². The Hall–Kier alpha value is -3.28. The lowest BCUT2D eigenvalue weighted by Crippen LogP contribution is -2.44. The number of rotatable bonds is 5. The van der Waals surface area contributed by atoms with Crippen LogP contribution >= 0.6 is 0 Å². The van der Waals surface area contributed by atoms with Crippen LogP contribution in [0, 0.1) is 12.3 Å². The zero-order chi connectivity index (χ0) is 29.4. The second-order valence-electron chi connectivity index (χ2n) is 12.4. The molecule has 41 heavy (non-hydrogen) atoms. The number of hydrogen-bond donors (Lipinski definition) is 2. The van der Waals surface area contributed by atoms with Crippen molar-refractivity contribution < 1.29 is 26.8 Å². The van der Waals surface area contributed by atoms with Crippen molar-refractivity contribution in [1.82, 2.24) is 4.98 Å². The zero-order valence-electron chi connectivity index (χ0n) is 23.5. The standard InChI is InChI=1S/C29H35F2N5O4S/c1-18-16-22(32-24-23(18)35(2)26(38)28(24)8-10-29(30,31)11-9-28)33-25(37)20-5-4-19(34-41(3,39)40)17-21(20)36-14-12-27(6-7-27)13-15-36/h4-5,16-17,34H,6-15H2,1-3H3,(H,32,33,37). The van der Waals surface area contributed by atoms with Crippen molar-refractivity contribution >= 4 is 44.7 Å². The fourth-order valence-electron chi connectivity index (χ4n) is 6.85. The first kappa shape index (κ1) is 27.9. The fourth-order valence-corrected chi connectivity index (χ4v) is 7.40. The summed E-state index contributed by atoms with van der Waals surface area (Å²) in [4.78, 5) is 35.4. The van der Waals surface area contributed by atoms with Gasteiger partial charge in [-0.25, -0.2) is 22.2 Å². The molecule has 2 aliphatic carbocycles. The van der Waals surface area contributed by atoms with Gasteiger partial charge in [0, 0.05) is 33.0 Å². The van der Waals surface area contributed by atoms with Crippen molar-refractivity contribution in [2.75, 3.05) is 46.2 Å². The highest BCUT2D eigenvalue weighted by Gasteiger charge is 2.56. The molecule has 12 heteroatoms. The SMILES string of the molecule is Cc1cc(NC(=O)c2ccc(NS(C)(=O)=O)cc2N2CCC3(CC2)CC3)nc2c1N(C)C(=O)C21CCC(F)(F)CC1. The lowest BCUT2D eigenvalue weighted by Gasteiger charge is -2.35. The Labute approximate surface area is 238 Å². The normalized spacial score (nSPS) is 22.1. The molecule has 4 aliphatic rings. The summed E-state index contributed by atoms with van der Waals surface area (Å²) < 4.78 is 54.4. The molecule has 0 atom stereocenters. The molecule has 1 aromatic heterocycles. The van der Waals surface area contributed by atoms with E-state index in [9.17, 15) is 26.8 Å². The van der Waals surface area contributed by atoms with Gasteiger partial charge in [-0.3, -0.25) is 14.3 Å². The minimum absolute atomic E-state index is 0.00455. The van der Waals surface area contributed by atoms with Crippen LogP contribution in [0.5, 0.6) is 0 Å². The van der Waals surface area contributed by atoms with Gasteiger partial charge in [-0.1, -0.05) is 0 Å². The van der Waals surface area contributed by atoms with Crippen LogP contribution in [0.25, 0.3) is 0 Å². The second kappa shape index (κ2) is 9.37. The second-order valence-corrected chi connectivity index (χ2v) is 14.1. The number of amides is 2. The Morgan fingerprint density at radius 1 is 1.00 bits per heavy atom. The van der Waals surface area contributed by atoms with Crippen molar-refractivity contribution in [3.63, 3.8) is 0 Å². The van der Waals surface area contributed by atoms with Crippen LogP contribution in [0.1, 0.15) is 73.0 Å². The number of hydrogen-bond acceptors (Lipinski definition) is 6. The van der Waals surface area contributed by atoms with Gasteiger partial charge in [0.1, 0.15) is 5.82 Å². The maximum Gasteiger partial charge on any atom is 0.258 e. The molecule has 6 rings (SSSR count). The number of halogens is 2.